The molecule has 0 radical (unpaired) electrons. The number of primary amides is 1. The van der Waals surface area contributed by atoms with Gasteiger partial charge in [0.2, 0.25) is 0 Å². The minimum absolute atomic E-state index is 0.150. The highest BCUT2D eigenvalue weighted by Crippen LogP contribution is 2.37. The van der Waals surface area contributed by atoms with E-state index in [9.17, 15) is 9.90 Å². The third-order valence-corrected chi connectivity index (χ3v) is 5.66. The second-order valence-electron chi connectivity index (χ2n) is 6.80. The Morgan fingerprint density at radius 2 is 1.82 bits per heavy atom. The van der Waals surface area contributed by atoms with Crippen LogP contribution in [0.2, 0.25) is 0 Å². The number of unbranched alkanes of at least 4 members (excludes halogenated alkanes) is 1. The number of carbonyl (C=O) groups excluding carboxylic acids is 1. The van der Waals surface area contributed by atoms with Gasteiger partial charge in [-0.05, 0) is 61.6 Å². The van der Waals surface area contributed by atoms with Gasteiger partial charge in [-0.25, -0.2) is 4.39 Å². The number of nitrogens with zero attached hydrogens (tertiary/aromatic N) is 2. The maximum atomic E-state index is 15.1. The van der Waals surface area contributed by atoms with Gasteiger partial charge in [-0.2, -0.15) is 0 Å². The normalized spacial score (nSPS) is 11.0. The number of benzene rings is 2. The first-order valence-electron chi connectivity index (χ1n) is 9.09. The van der Waals surface area contributed by atoms with Crippen LogP contribution in [0.15, 0.2) is 24.3 Å². The average Bonchev–Trinajstić information content (AvgIpc) is 3.13. The fraction of sp³-hybridized carbons (Fsp3) is 0.286. The van der Waals surface area contributed by atoms with Crippen molar-refractivity contribution in [2.45, 2.75) is 40.0 Å². The van der Waals surface area contributed by atoms with Gasteiger partial charge in [0.1, 0.15) is 16.6 Å². The molecule has 3 rings (SSSR count). The average molecular weight is 399 g/mol. The van der Waals surface area contributed by atoms with Crippen LogP contribution >= 0.6 is 11.3 Å². The highest BCUT2D eigenvalue weighted by molar-refractivity contribution is 7.18. The number of amides is 1. The molecular weight excluding hydrogens is 377 g/mol. The van der Waals surface area contributed by atoms with Gasteiger partial charge in [-0.1, -0.05) is 30.7 Å². The minimum atomic E-state index is -0.810. The molecule has 1 aromatic heterocycles. The molecule has 3 N–H and O–H groups in total. The maximum absolute atomic E-state index is 15.1. The van der Waals surface area contributed by atoms with Crippen LogP contribution in [0, 0.1) is 19.7 Å². The zero-order chi connectivity index (χ0) is 20.4. The summed E-state index contributed by atoms with van der Waals surface area (Å²) in [6.07, 6.45) is 2.53. The Hall–Kier alpha value is -2.80. The van der Waals surface area contributed by atoms with Crippen LogP contribution in [0.1, 0.15) is 46.8 Å². The van der Waals surface area contributed by atoms with Gasteiger partial charge in [0, 0.05) is 5.56 Å². The Kier molecular flexibility index (Phi) is 5.74. The lowest BCUT2D eigenvalue weighted by molar-refractivity contribution is 0.0996. The number of phenols is 1. The smallest absolute Gasteiger partial charge is 0.251 e. The van der Waals surface area contributed by atoms with Crippen molar-refractivity contribution in [1.82, 2.24) is 10.2 Å². The topological polar surface area (TPSA) is 89.1 Å². The summed E-state index contributed by atoms with van der Waals surface area (Å²) in [6.45, 7) is 5.69. The molecule has 0 aliphatic rings. The van der Waals surface area contributed by atoms with E-state index in [1.54, 1.807) is 6.07 Å². The third-order valence-electron chi connectivity index (χ3n) is 4.67. The zero-order valence-electron chi connectivity index (χ0n) is 16.0. The largest absolute Gasteiger partial charge is 0.507 e. The Morgan fingerprint density at radius 1 is 1.18 bits per heavy atom. The molecule has 5 nitrogen and oxygen atoms in total. The molecule has 146 valence electrons. The minimum Gasteiger partial charge on any atom is -0.507 e. The highest BCUT2D eigenvalue weighted by Gasteiger charge is 2.21. The number of hydrogen-bond donors (Lipinski definition) is 2. The van der Waals surface area contributed by atoms with Crippen LogP contribution < -0.4 is 5.73 Å². The number of aromatic hydroxyl groups is 1. The summed E-state index contributed by atoms with van der Waals surface area (Å²) in [6, 6.07) is 6.81. The Morgan fingerprint density at radius 3 is 2.43 bits per heavy atom. The monoisotopic (exact) mass is 399 g/mol. The molecule has 0 aliphatic carbocycles. The van der Waals surface area contributed by atoms with Crippen molar-refractivity contribution in [3.63, 3.8) is 0 Å². The molecule has 0 unspecified atom stereocenters. The van der Waals surface area contributed by atoms with Crippen molar-refractivity contribution in [2.75, 3.05) is 0 Å². The number of nitrogens with two attached hydrogens (primary N) is 1. The van der Waals surface area contributed by atoms with Crippen LogP contribution in [0.3, 0.4) is 0 Å². The molecule has 0 fully saturated rings. The van der Waals surface area contributed by atoms with Gasteiger partial charge >= 0.3 is 0 Å². The first kappa shape index (κ1) is 19.9. The summed E-state index contributed by atoms with van der Waals surface area (Å²) in [5.41, 5.74) is 8.52. The lowest BCUT2D eigenvalue weighted by atomic mass is 9.98. The Bertz CT molecular complexity index is 1020. The van der Waals surface area contributed by atoms with Crippen molar-refractivity contribution >= 4 is 17.2 Å². The van der Waals surface area contributed by atoms with Gasteiger partial charge in [0.25, 0.3) is 5.91 Å². The molecule has 28 heavy (non-hydrogen) atoms. The van der Waals surface area contributed by atoms with Crippen molar-refractivity contribution in [1.29, 1.82) is 0 Å². The van der Waals surface area contributed by atoms with Crippen molar-refractivity contribution < 1.29 is 14.3 Å². The van der Waals surface area contributed by atoms with Gasteiger partial charge < -0.3 is 10.8 Å². The van der Waals surface area contributed by atoms with Gasteiger partial charge in [-0.15, -0.1) is 10.2 Å². The standard InChI is InChI=1S/C21H22FN3O2S/c1-4-5-6-13-7-8-15(19(23)27)17(22)16(13)21-25-24-20(28-21)14-9-11(2)18(26)12(3)10-14/h7-10,26H,4-6H2,1-3H3,(H2,23,27). The summed E-state index contributed by atoms with van der Waals surface area (Å²) >= 11 is 1.25. The fourth-order valence-electron chi connectivity index (χ4n) is 3.13. The molecule has 0 aliphatic heterocycles. The van der Waals surface area contributed by atoms with Gasteiger partial charge in [0.15, 0.2) is 5.01 Å². The SMILES string of the molecule is CCCCc1ccc(C(N)=O)c(F)c1-c1nnc(-c2cc(C)c(O)c(C)c2)s1. The first-order valence-corrected chi connectivity index (χ1v) is 9.90. The van der Waals surface area contributed by atoms with E-state index in [-0.39, 0.29) is 11.3 Å². The van der Waals surface area contributed by atoms with E-state index in [4.69, 9.17) is 5.73 Å². The number of aryl methyl sites for hydroxylation is 3. The molecule has 1 amide bonds. The predicted molar refractivity (Wildman–Crippen MR) is 109 cm³/mol. The molecule has 0 spiro atoms. The summed E-state index contributed by atoms with van der Waals surface area (Å²) in [7, 11) is 0. The quantitative estimate of drug-likeness (QED) is 0.624. The number of halogens is 1. The fourth-order valence-corrected chi connectivity index (χ4v) is 4.04. The van der Waals surface area contributed by atoms with Gasteiger partial charge in [-0.3, -0.25) is 4.79 Å². The molecule has 7 heteroatoms. The van der Waals surface area contributed by atoms with Crippen molar-refractivity contribution in [2.24, 2.45) is 5.73 Å². The molecule has 3 aromatic rings. The predicted octanol–water partition coefficient (Wildman–Crippen LogP) is 4.78. The first-order chi connectivity index (χ1) is 13.3. The zero-order valence-corrected chi connectivity index (χ0v) is 16.9. The van der Waals surface area contributed by atoms with E-state index in [1.165, 1.54) is 17.4 Å². The molecule has 0 saturated carbocycles. The number of hydrogen-bond acceptors (Lipinski definition) is 5. The van der Waals surface area contributed by atoms with Crippen molar-refractivity contribution in [3.05, 3.63) is 52.3 Å². The number of carbonyl (C=O) groups is 1. The van der Waals surface area contributed by atoms with Crippen LogP contribution in [0.4, 0.5) is 4.39 Å². The van der Waals surface area contributed by atoms with E-state index in [1.807, 2.05) is 26.0 Å². The van der Waals surface area contributed by atoms with Gasteiger partial charge in [0.05, 0.1) is 11.1 Å². The van der Waals surface area contributed by atoms with E-state index < -0.39 is 11.7 Å². The molecular formula is C21H22FN3O2S. The second kappa shape index (κ2) is 8.06. The number of rotatable bonds is 6. The number of phenolic OH excluding ortho intramolecular Hbond substituents is 1. The molecule has 2 aromatic carbocycles. The highest BCUT2D eigenvalue weighted by atomic mass is 32.1. The number of aromatic nitrogens is 2. The van der Waals surface area contributed by atoms with Crippen molar-refractivity contribution in [3.8, 4) is 26.9 Å². The lowest BCUT2D eigenvalue weighted by Gasteiger charge is -2.10. The van der Waals surface area contributed by atoms with Crippen LogP contribution in [-0.2, 0) is 6.42 Å². The van der Waals surface area contributed by atoms with E-state index in [0.717, 1.165) is 35.1 Å². The summed E-state index contributed by atoms with van der Waals surface area (Å²) in [4.78, 5) is 11.6. The van der Waals surface area contributed by atoms with Crippen LogP contribution in [0.5, 0.6) is 5.75 Å². The van der Waals surface area contributed by atoms with E-state index >= 15 is 4.39 Å². The third kappa shape index (κ3) is 3.75. The van der Waals surface area contributed by atoms with Crippen LogP contribution in [-0.4, -0.2) is 21.2 Å². The molecule has 1 heterocycles. The van der Waals surface area contributed by atoms with E-state index in [0.29, 0.717) is 22.0 Å². The molecule has 0 bridgehead atoms. The lowest BCUT2D eigenvalue weighted by Crippen LogP contribution is -2.14. The summed E-state index contributed by atoms with van der Waals surface area (Å²) in [5.74, 6) is -1.22. The maximum Gasteiger partial charge on any atom is 0.251 e. The summed E-state index contributed by atoms with van der Waals surface area (Å²) in [5, 5.41) is 19.4. The van der Waals surface area contributed by atoms with Crippen LogP contribution in [0.25, 0.3) is 21.1 Å². The second-order valence-corrected chi connectivity index (χ2v) is 7.78. The molecule has 0 atom stereocenters. The molecule has 0 saturated heterocycles. The Labute approximate surface area is 167 Å². The Balaban J connectivity index is 2.11. The summed E-state index contributed by atoms with van der Waals surface area (Å²) < 4.78 is 15.1. The van der Waals surface area contributed by atoms with E-state index in [2.05, 4.69) is 17.1 Å².